The van der Waals surface area contributed by atoms with Gasteiger partial charge in [0.2, 0.25) is 10.0 Å². The van der Waals surface area contributed by atoms with E-state index in [1.165, 1.54) is 20.3 Å². The minimum Gasteiger partial charge on any atom is -0.497 e. The zero-order chi connectivity index (χ0) is 15.2. The van der Waals surface area contributed by atoms with Crippen molar-refractivity contribution in [2.45, 2.75) is 24.8 Å². The summed E-state index contributed by atoms with van der Waals surface area (Å²) in [5.41, 5.74) is 0. The molecule has 0 fully saturated rings. The third kappa shape index (κ3) is 4.66. The number of benzene rings is 1. The highest BCUT2D eigenvalue weighted by atomic mass is 32.2. The third-order valence-corrected chi connectivity index (χ3v) is 4.11. The van der Waals surface area contributed by atoms with Crippen LogP contribution in [0, 0.1) is 0 Å². The highest BCUT2D eigenvalue weighted by Crippen LogP contribution is 2.27. The van der Waals surface area contributed by atoms with E-state index in [1.807, 2.05) is 13.8 Å². The number of hydrogen-bond acceptors (Lipinski definition) is 5. The molecule has 1 aromatic carbocycles. The van der Waals surface area contributed by atoms with Gasteiger partial charge in [-0.3, -0.25) is 0 Å². The van der Waals surface area contributed by atoms with Gasteiger partial charge in [-0.05, 0) is 12.1 Å². The normalized spacial score (nSPS) is 11.7. The lowest BCUT2D eigenvalue weighted by Crippen LogP contribution is -2.34. The number of rotatable bonds is 8. The summed E-state index contributed by atoms with van der Waals surface area (Å²) in [4.78, 5) is 0.0731. The maximum atomic E-state index is 12.3. The molecule has 0 amide bonds. The van der Waals surface area contributed by atoms with Gasteiger partial charge in [-0.2, -0.15) is 0 Å². The van der Waals surface area contributed by atoms with E-state index in [-0.39, 0.29) is 10.6 Å². The van der Waals surface area contributed by atoms with Crippen LogP contribution in [0.5, 0.6) is 11.5 Å². The molecule has 6 nitrogen and oxygen atoms in total. The van der Waals surface area contributed by atoms with E-state index >= 15 is 0 Å². The van der Waals surface area contributed by atoms with Gasteiger partial charge < -0.3 is 14.8 Å². The summed E-state index contributed by atoms with van der Waals surface area (Å²) in [6.45, 7) is 4.86. The molecule has 0 saturated carbocycles. The monoisotopic (exact) mass is 302 g/mol. The molecule has 0 bridgehead atoms. The molecule has 0 spiro atoms. The summed E-state index contributed by atoms with van der Waals surface area (Å²) in [7, 11) is -0.713. The van der Waals surface area contributed by atoms with Crippen LogP contribution in [0.25, 0.3) is 0 Å². The molecule has 1 aromatic rings. The molecule has 7 heteroatoms. The third-order valence-electron chi connectivity index (χ3n) is 2.63. The van der Waals surface area contributed by atoms with Gasteiger partial charge in [0.25, 0.3) is 0 Å². The SMILES string of the molecule is COc1ccc(OC)c(S(=O)(=O)NCCNC(C)C)c1. The molecular weight excluding hydrogens is 280 g/mol. The fourth-order valence-corrected chi connectivity index (χ4v) is 2.83. The zero-order valence-electron chi connectivity index (χ0n) is 12.3. The molecule has 0 radical (unpaired) electrons. The number of hydrogen-bond donors (Lipinski definition) is 2. The Hall–Kier alpha value is -1.31. The number of ether oxygens (including phenoxy) is 2. The van der Waals surface area contributed by atoms with Crippen LogP contribution >= 0.6 is 0 Å². The Kier molecular flexibility index (Phi) is 6.25. The van der Waals surface area contributed by atoms with Gasteiger partial charge in [-0.1, -0.05) is 13.8 Å². The molecule has 1 rings (SSSR count). The number of nitrogens with one attached hydrogen (secondary N) is 2. The van der Waals surface area contributed by atoms with E-state index in [1.54, 1.807) is 12.1 Å². The fourth-order valence-electron chi connectivity index (χ4n) is 1.62. The summed E-state index contributed by atoms with van der Waals surface area (Å²) >= 11 is 0. The molecule has 0 aliphatic heterocycles. The lowest BCUT2D eigenvalue weighted by molar-refractivity contribution is 0.392. The molecular formula is C13H22N2O4S. The first kappa shape index (κ1) is 16.7. The van der Waals surface area contributed by atoms with Crippen molar-refractivity contribution in [1.29, 1.82) is 0 Å². The number of methoxy groups -OCH3 is 2. The van der Waals surface area contributed by atoms with Gasteiger partial charge >= 0.3 is 0 Å². The lowest BCUT2D eigenvalue weighted by atomic mass is 10.3. The summed E-state index contributed by atoms with van der Waals surface area (Å²) in [5, 5.41) is 3.14. The Balaban J connectivity index is 2.85. The van der Waals surface area contributed by atoms with Crippen molar-refractivity contribution in [2.24, 2.45) is 0 Å². The van der Waals surface area contributed by atoms with E-state index in [2.05, 4.69) is 10.0 Å². The maximum absolute atomic E-state index is 12.3. The smallest absolute Gasteiger partial charge is 0.244 e. The Bertz CT molecular complexity index is 529. The van der Waals surface area contributed by atoms with Crippen molar-refractivity contribution >= 4 is 10.0 Å². The average Bonchev–Trinajstić information content (AvgIpc) is 2.42. The summed E-state index contributed by atoms with van der Waals surface area (Å²) in [5.74, 6) is 0.751. The first-order chi connectivity index (χ1) is 9.40. The molecule has 0 aliphatic carbocycles. The van der Waals surface area contributed by atoms with Crippen molar-refractivity contribution in [3.05, 3.63) is 18.2 Å². The summed E-state index contributed by atoms with van der Waals surface area (Å²) in [6.07, 6.45) is 0. The minimum atomic E-state index is -3.63. The van der Waals surface area contributed by atoms with E-state index in [0.29, 0.717) is 24.9 Å². The molecule has 0 aromatic heterocycles. The molecule has 0 saturated heterocycles. The molecule has 0 aliphatic rings. The molecule has 0 atom stereocenters. The fraction of sp³-hybridized carbons (Fsp3) is 0.538. The van der Waals surface area contributed by atoms with E-state index < -0.39 is 10.0 Å². The van der Waals surface area contributed by atoms with Crippen LogP contribution in [0.4, 0.5) is 0 Å². The van der Waals surface area contributed by atoms with Crippen molar-refractivity contribution in [3.8, 4) is 11.5 Å². The Labute approximate surface area is 120 Å². The van der Waals surface area contributed by atoms with Crippen LogP contribution in [-0.4, -0.2) is 41.8 Å². The quantitative estimate of drug-likeness (QED) is 0.700. The molecule has 2 N–H and O–H groups in total. The maximum Gasteiger partial charge on any atom is 0.244 e. The standard InChI is InChI=1S/C13H22N2O4S/c1-10(2)14-7-8-15-20(16,17)13-9-11(18-3)5-6-12(13)19-4/h5-6,9-10,14-15H,7-8H2,1-4H3. The second-order valence-electron chi connectivity index (χ2n) is 4.52. The molecule has 0 heterocycles. The van der Waals surface area contributed by atoms with Gasteiger partial charge in [0, 0.05) is 25.2 Å². The van der Waals surface area contributed by atoms with Gasteiger partial charge in [-0.15, -0.1) is 0 Å². The zero-order valence-corrected chi connectivity index (χ0v) is 13.1. The van der Waals surface area contributed by atoms with Crippen LogP contribution in [0.2, 0.25) is 0 Å². The topological polar surface area (TPSA) is 76.7 Å². The first-order valence-corrected chi connectivity index (χ1v) is 7.84. The largest absolute Gasteiger partial charge is 0.497 e. The Morgan fingerprint density at radius 3 is 2.40 bits per heavy atom. The predicted octanol–water partition coefficient (Wildman–Crippen LogP) is 0.980. The first-order valence-electron chi connectivity index (χ1n) is 6.35. The highest BCUT2D eigenvalue weighted by Gasteiger charge is 2.19. The van der Waals surface area contributed by atoms with Gasteiger partial charge in [0.05, 0.1) is 14.2 Å². The highest BCUT2D eigenvalue weighted by molar-refractivity contribution is 7.89. The second kappa shape index (κ2) is 7.47. The van der Waals surface area contributed by atoms with Crippen molar-refractivity contribution in [2.75, 3.05) is 27.3 Å². The van der Waals surface area contributed by atoms with Crippen LogP contribution < -0.4 is 19.5 Å². The van der Waals surface area contributed by atoms with Crippen molar-refractivity contribution in [3.63, 3.8) is 0 Å². The van der Waals surface area contributed by atoms with E-state index in [9.17, 15) is 8.42 Å². The Morgan fingerprint density at radius 2 is 1.85 bits per heavy atom. The molecule has 20 heavy (non-hydrogen) atoms. The van der Waals surface area contributed by atoms with Crippen molar-refractivity contribution in [1.82, 2.24) is 10.0 Å². The summed E-state index contributed by atoms with van der Waals surface area (Å²) in [6, 6.07) is 4.97. The van der Waals surface area contributed by atoms with E-state index in [4.69, 9.17) is 9.47 Å². The lowest BCUT2D eigenvalue weighted by Gasteiger charge is -2.13. The van der Waals surface area contributed by atoms with Crippen LogP contribution in [0.1, 0.15) is 13.8 Å². The van der Waals surface area contributed by atoms with Crippen LogP contribution in [0.15, 0.2) is 23.1 Å². The Morgan fingerprint density at radius 1 is 1.15 bits per heavy atom. The predicted molar refractivity (Wildman–Crippen MR) is 77.9 cm³/mol. The molecule has 114 valence electrons. The minimum absolute atomic E-state index is 0.0731. The average molecular weight is 302 g/mol. The van der Waals surface area contributed by atoms with Crippen LogP contribution in [0.3, 0.4) is 0 Å². The van der Waals surface area contributed by atoms with Gasteiger partial charge in [-0.25, -0.2) is 13.1 Å². The summed E-state index contributed by atoms with van der Waals surface area (Å²) < 4.78 is 37.2. The number of sulfonamides is 1. The van der Waals surface area contributed by atoms with Crippen LogP contribution in [-0.2, 0) is 10.0 Å². The van der Waals surface area contributed by atoms with E-state index in [0.717, 1.165) is 0 Å². The second-order valence-corrected chi connectivity index (χ2v) is 6.26. The van der Waals surface area contributed by atoms with Gasteiger partial charge in [0.15, 0.2) is 0 Å². The molecule has 0 unspecified atom stereocenters. The van der Waals surface area contributed by atoms with Crippen molar-refractivity contribution < 1.29 is 17.9 Å². The van der Waals surface area contributed by atoms with Gasteiger partial charge in [0.1, 0.15) is 16.4 Å².